The van der Waals surface area contributed by atoms with Gasteiger partial charge in [0, 0.05) is 27.5 Å². The number of carbonyl (C=O) groups is 2. The van der Waals surface area contributed by atoms with Gasteiger partial charge >= 0.3 is 29.6 Å². The Labute approximate surface area is 210 Å². The topological polar surface area (TPSA) is 93.6 Å². The molecule has 2 aromatic rings. The summed E-state index contributed by atoms with van der Waals surface area (Å²) >= 11 is 6.97. The summed E-state index contributed by atoms with van der Waals surface area (Å²) in [5, 5.41) is 24.1. The van der Waals surface area contributed by atoms with Crippen LogP contribution < -0.4 is 34.7 Å². The van der Waals surface area contributed by atoms with E-state index in [2.05, 4.69) is 17.6 Å². The molecule has 30 heavy (non-hydrogen) atoms. The normalized spacial score (nSPS) is 26.1. The van der Waals surface area contributed by atoms with Gasteiger partial charge in [-0.15, -0.1) is 11.3 Å². The summed E-state index contributed by atoms with van der Waals surface area (Å²) in [6.45, 7) is 3.42. The molecule has 2 aliphatic rings. The maximum Gasteiger partial charge on any atom is 1.00 e. The van der Waals surface area contributed by atoms with Gasteiger partial charge in [0.05, 0.1) is 29.5 Å². The largest absolute Gasteiger partial charge is 1.00 e. The average Bonchev–Trinajstić information content (AvgIpc) is 3.26. The SMILES string of the molecule is C[C@H]1C(Sc2nc(-c3ccccc3)cs2)=C(C(=O)[O-])N2C(=O)[C@](CS)([C@@H](C)O)C12.[Na+]. The number of rotatable bonds is 6. The van der Waals surface area contributed by atoms with Gasteiger partial charge in [0.1, 0.15) is 5.41 Å². The van der Waals surface area contributed by atoms with Crippen molar-refractivity contribution in [2.24, 2.45) is 11.3 Å². The van der Waals surface area contributed by atoms with Gasteiger partial charge in [-0.1, -0.05) is 49.0 Å². The maximum atomic E-state index is 12.9. The molecule has 0 saturated carbocycles. The Kier molecular flexibility index (Phi) is 7.13. The minimum atomic E-state index is -1.40. The standard InChI is InChI=1S/C20H20N2O4S3.Na/c1-10-15(29-19-21-13(8-28-19)12-6-4-3-5-7-12)14(17(24)25)22-16(10)20(9-27,11(2)23)18(22)26;/h3-8,10-11,16,23,27H,9H2,1-2H3,(H,24,25);/q;+1/p-1/t10-,11+,16?,20+;/m0./s1. The summed E-state index contributed by atoms with van der Waals surface area (Å²) in [5.41, 5.74) is 0.578. The van der Waals surface area contributed by atoms with Crippen LogP contribution in [-0.4, -0.2) is 44.8 Å². The third-order valence-corrected chi connectivity index (χ3v) is 8.48. The number of carboxylic acid groups (broad SMARTS) is 1. The van der Waals surface area contributed by atoms with Crippen LogP contribution >= 0.6 is 35.7 Å². The van der Waals surface area contributed by atoms with Crippen LogP contribution in [0.3, 0.4) is 0 Å². The predicted molar refractivity (Wildman–Crippen MR) is 113 cm³/mol. The number of carbonyl (C=O) groups excluding carboxylic acids is 2. The number of hydrogen-bond acceptors (Lipinski definition) is 8. The van der Waals surface area contributed by atoms with E-state index in [0.717, 1.165) is 11.3 Å². The molecule has 4 atom stereocenters. The molecule has 1 unspecified atom stereocenters. The van der Waals surface area contributed by atoms with Crippen molar-refractivity contribution >= 4 is 47.6 Å². The van der Waals surface area contributed by atoms with Gasteiger partial charge in [0.2, 0.25) is 5.91 Å². The predicted octanol–water partition coefficient (Wildman–Crippen LogP) is -0.975. The van der Waals surface area contributed by atoms with E-state index in [1.165, 1.54) is 28.0 Å². The summed E-state index contributed by atoms with van der Waals surface area (Å²) < 4.78 is 0.688. The van der Waals surface area contributed by atoms with E-state index in [1.54, 1.807) is 6.92 Å². The number of nitrogens with zero attached hydrogens (tertiary/aromatic N) is 2. The molecule has 152 valence electrons. The number of thioether (sulfide) groups is 1. The molecule has 0 bridgehead atoms. The molecule has 0 radical (unpaired) electrons. The third-order valence-electron chi connectivity index (χ3n) is 5.73. The molecular formula is C20H19N2NaO4S3. The summed E-state index contributed by atoms with van der Waals surface area (Å²) in [7, 11) is 0. The minimum absolute atomic E-state index is 0. The van der Waals surface area contributed by atoms with Gasteiger partial charge in [-0.3, -0.25) is 4.79 Å². The van der Waals surface area contributed by atoms with Gasteiger partial charge in [-0.25, -0.2) is 4.98 Å². The number of aromatic nitrogens is 1. The molecule has 0 aliphatic carbocycles. The number of aliphatic hydroxyl groups excluding tert-OH is 1. The molecule has 0 spiro atoms. The fourth-order valence-corrected chi connectivity index (χ4v) is 6.90. The molecule has 10 heteroatoms. The van der Waals surface area contributed by atoms with Gasteiger partial charge < -0.3 is 19.9 Å². The summed E-state index contributed by atoms with van der Waals surface area (Å²) in [5.74, 6) is -1.95. The molecule has 1 aromatic heterocycles. The van der Waals surface area contributed by atoms with E-state index in [4.69, 9.17) is 0 Å². The molecule has 1 saturated heterocycles. The Bertz CT molecular complexity index is 1010. The van der Waals surface area contributed by atoms with Crippen molar-refractivity contribution in [1.29, 1.82) is 0 Å². The molecule has 3 heterocycles. The number of thiol groups is 1. The van der Waals surface area contributed by atoms with Crippen LogP contribution in [0.15, 0.2) is 50.7 Å². The summed E-state index contributed by atoms with van der Waals surface area (Å²) in [6, 6.07) is 9.25. The second-order valence-corrected chi connectivity index (χ2v) is 9.71. The zero-order valence-corrected chi connectivity index (χ0v) is 21.3. The Balaban J connectivity index is 0.00000256. The van der Waals surface area contributed by atoms with Crippen LogP contribution in [0.5, 0.6) is 0 Å². The molecule has 1 N–H and O–H groups in total. The van der Waals surface area contributed by atoms with Crippen LogP contribution in [0.2, 0.25) is 0 Å². The number of thiazole rings is 1. The molecule has 6 nitrogen and oxygen atoms in total. The molecule has 1 fully saturated rings. The average molecular weight is 471 g/mol. The first-order valence-corrected chi connectivity index (χ1v) is 11.4. The number of amides is 1. The van der Waals surface area contributed by atoms with Crippen molar-refractivity contribution in [2.75, 3.05) is 5.75 Å². The van der Waals surface area contributed by atoms with E-state index in [1.807, 2.05) is 42.6 Å². The zero-order chi connectivity index (χ0) is 20.9. The Hall–Kier alpha value is -0.810. The fourth-order valence-electron chi connectivity index (χ4n) is 4.23. The third kappa shape index (κ3) is 3.48. The molecule has 4 rings (SSSR count). The number of aliphatic carboxylic acids is 1. The zero-order valence-electron chi connectivity index (χ0n) is 16.7. The number of fused-ring (bicyclic) bond motifs is 1. The van der Waals surface area contributed by atoms with Crippen LogP contribution in [-0.2, 0) is 9.59 Å². The van der Waals surface area contributed by atoms with Gasteiger partial charge in [0.25, 0.3) is 0 Å². The second kappa shape index (κ2) is 8.97. The second-order valence-electron chi connectivity index (χ2n) is 7.25. The van der Waals surface area contributed by atoms with Gasteiger partial charge in [0.15, 0.2) is 4.34 Å². The number of carboxylic acids is 1. The smallest absolute Gasteiger partial charge is 0.543 e. The quantitative estimate of drug-likeness (QED) is 0.321. The number of aliphatic hydroxyl groups is 1. The molecule has 2 aliphatic heterocycles. The number of hydrogen-bond donors (Lipinski definition) is 2. The fraction of sp³-hybridized carbons (Fsp3) is 0.350. The Morgan fingerprint density at radius 2 is 2.10 bits per heavy atom. The van der Waals surface area contributed by atoms with E-state index in [-0.39, 0.29) is 46.9 Å². The van der Waals surface area contributed by atoms with E-state index >= 15 is 0 Å². The minimum Gasteiger partial charge on any atom is -0.543 e. The van der Waals surface area contributed by atoms with Crippen LogP contribution in [0.1, 0.15) is 13.8 Å². The van der Waals surface area contributed by atoms with E-state index in [0.29, 0.717) is 9.24 Å². The van der Waals surface area contributed by atoms with Gasteiger partial charge in [-0.2, -0.15) is 12.6 Å². The van der Waals surface area contributed by atoms with Crippen LogP contribution in [0, 0.1) is 11.3 Å². The van der Waals surface area contributed by atoms with Crippen molar-refractivity contribution in [3.63, 3.8) is 0 Å². The number of benzene rings is 1. The molecule has 1 amide bonds. The van der Waals surface area contributed by atoms with E-state index < -0.39 is 29.4 Å². The Morgan fingerprint density at radius 3 is 2.67 bits per heavy atom. The van der Waals surface area contributed by atoms with Crippen molar-refractivity contribution in [3.8, 4) is 11.3 Å². The first kappa shape index (κ1) is 23.8. The summed E-state index contributed by atoms with van der Waals surface area (Å²) in [6.07, 6.45) is -0.937. The maximum absolute atomic E-state index is 12.9. The summed E-state index contributed by atoms with van der Waals surface area (Å²) in [4.78, 5) is 31.2. The first-order valence-electron chi connectivity index (χ1n) is 9.09. The van der Waals surface area contributed by atoms with Crippen molar-refractivity contribution < 1.29 is 49.4 Å². The van der Waals surface area contributed by atoms with E-state index in [9.17, 15) is 19.8 Å². The first-order chi connectivity index (χ1) is 13.8. The monoisotopic (exact) mass is 470 g/mol. The molecular weight excluding hydrogens is 451 g/mol. The molecule has 1 aromatic carbocycles. The van der Waals surface area contributed by atoms with Gasteiger partial charge in [-0.05, 0) is 6.92 Å². The Morgan fingerprint density at radius 1 is 1.43 bits per heavy atom. The van der Waals surface area contributed by atoms with Crippen molar-refractivity contribution in [1.82, 2.24) is 9.88 Å². The van der Waals surface area contributed by atoms with Crippen molar-refractivity contribution in [3.05, 3.63) is 46.3 Å². The van der Waals surface area contributed by atoms with Crippen LogP contribution in [0.4, 0.5) is 0 Å². The van der Waals surface area contributed by atoms with Crippen molar-refractivity contribution in [2.45, 2.75) is 30.3 Å². The number of β-lactam (4-membered cyclic amide) rings is 1. The van der Waals surface area contributed by atoms with Crippen LogP contribution in [0.25, 0.3) is 11.3 Å².